The van der Waals surface area contributed by atoms with Gasteiger partial charge in [-0.3, -0.25) is 21.7 Å². The van der Waals surface area contributed by atoms with Crippen molar-refractivity contribution < 1.29 is 73.0 Å². The van der Waals surface area contributed by atoms with Crippen LogP contribution in [0.2, 0.25) is 5.02 Å². The van der Waals surface area contributed by atoms with Crippen LogP contribution < -0.4 is 74.5 Å². The Hall–Kier alpha value is -12.9. The van der Waals surface area contributed by atoms with Crippen LogP contribution >= 0.6 is 11.6 Å². The monoisotopic (exact) mass is 2130 g/mol. The Morgan fingerprint density at radius 1 is 0.396 bits per heavy atom. The Balaban J connectivity index is 0.000000271. The molecule has 10 rings (SSSR count). The number of aromatic nitrogens is 4. The molecule has 8 amide bonds. The second-order valence-electron chi connectivity index (χ2n) is 39.1. The summed E-state index contributed by atoms with van der Waals surface area (Å²) in [4.78, 5) is 75.3. The number of hydrazine groups is 2. The molecule has 0 saturated heterocycles. The van der Waals surface area contributed by atoms with E-state index in [-0.39, 0.29) is 42.5 Å². The number of benzene rings is 8. The molecule has 0 fully saturated rings. The number of nitrogens with zero attached hydrogens (tertiary/aromatic N) is 7. The third kappa shape index (κ3) is 40.5. The summed E-state index contributed by atoms with van der Waals surface area (Å²) >= 11 is 6.30. The number of nitriles is 1. The number of ether oxygens (including phenoxy) is 4. The number of unbranched alkanes of at least 4 members (excludes halogenated alkanes) is 23. The SMILES string of the molecule is CCCCCCCCCCCCOC(=O)c1ccc(Cl)c(NC(=O)NN=c2n(CC)c3ccccc3n2CC)c1.CCCCCCCCCCCCOC(=O)c1ccc(OC)c(NC(=O)NN=c2n(CC)c3ccccc3n2CC)c1.CCCCCCCCOc1ccc(C(C)(C)CC(C)(C)C)cc1NC(=O)NNc1ccc(S(C)(=O)=O)cc1C#N.Cc1ccc(C)c(NC(=O)NNc2cc(S(C)(=O)=O)c(S(C)(=O)=O)cc2C)c1. The van der Waals surface area contributed by atoms with E-state index in [9.17, 15) is 59.3 Å². The maximum absolute atomic E-state index is 12.9. The molecule has 2 aromatic heterocycles. The van der Waals surface area contributed by atoms with Crippen molar-refractivity contribution in [3.05, 3.63) is 207 Å². The number of carbonyl (C=O) groups is 6. The number of anilines is 6. The fourth-order valence-corrected chi connectivity index (χ4v) is 20.6. The smallest absolute Gasteiger partial charge is 0.339 e. The average Bonchev–Trinajstić information content (AvgIpc) is 1.76. The number of esters is 2. The lowest BCUT2D eigenvalue weighted by molar-refractivity contribution is 0.0488. The highest BCUT2D eigenvalue weighted by atomic mass is 35.5. The van der Waals surface area contributed by atoms with Gasteiger partial charge in [0.25, 0.3) is 0 Å². The number of para-hydroxylation sites is 4. The van der Waals surface area contributed by atoms with Crippen LogP contribution in [0, 0.1) is 37.5 Å². The predicted octanol–water partition coefficient (Wildman–Crippen LogP) is 25.2. The van der Waals surface area contributed by atoms with Crippen LogP contribution in [0.3, 0.4) is 0 Å². The molecule has 814 valence electrons. The average molecular weight is 2130 g/mol. The minimum atomic E-state index is -3.80. The topological polar surface area (TPSA) is 430 Å². The largest absolute Gasteiger partial charge is 0.495 e. The lowest BCUT2D eigenvalue weighted by Gasteiger charge is -2.33. The van der Waals surface area contributed by atoms with Gasteiger partial charge in [0.15, 0.2) is 29.5 Å². The maximum atomic E-state index is 12.9. The first kappa shape index (κ1) is 123. The number of nitrogens with one attached hydrogen (secondary N) is 10. The Bertz CT molecular complexity index is 6570. The summed E-state index contributed by atoms with van der Waals surface area (Å²) in [5.41, 5.74) is 27.5. The first-order valence-corrected chi connectivity index (χ1v) is 58.2. The zero-order valence-corrected chi connectivity index (χ0v) is 93.9. The Kier molecular flexibility index (Phi) is 51.2. The van der Waals surface area contributed by atoms with E-state index in [1.54, 1.807) is 37.3 Å². The second kappa shape index (κ2) is 61.9. The summed E-state index contributed by atoms with van der Waals surface area (Å²) in [5.74, 6) is 0.164. The van der Waals surface area contributed by atoms with Crippen molar-refractivity contribution >= 4 is 133 Å². The normalized spacial score (nSPS) is 11.4. The van der Waals surface area contributed by atoms with E-state index >= 15 is 0 Å². The summed E-state index contributed by atoms with van der Waals surface area (Å²) in [7, 11) is -9.50. The first-order chi connectivity index (χ1) is 71.0. The van der Waals surface area contributed by atoms with Gasteiger partial charge in [0.05, 0.1) is 114 Å². The number of aryl methyl sites for hydroxylation is 7. The number of carbonyl (C=O) groups excluding carboxylic acids is 6. The minimum absolute atomic E-state index is 0.0286. The van der Waals surface area contributed by atoms with Crippen LogP contribution in [-0.2, 0) is 70.6 Å². The highest BCUT2D eigenvalue weighted by Gasteiger charge is 2.30. The molecule has 2 heterocycles. The molecule has 0 spiro atoms. The maximum Gasteiger partial charge on any atom is 0.339 e. The van der Waals surface area contributed by atoms with Crippen molar-refractivity contribution in [2.45, 2.75) is 323 Å². The third-order valence-corrected chi connectivity index (χ3v) is 28.7. The second-order valence-corrected chi connectivity index (χ2v) is 45.5. The number of rotatable bonds is 52. The van der Waals surface area contributed by atoms with Crippen molar-refractivity contribution in [3.8, 4) is 17.6 Å². The Morgan fingerprint density at radius 2 is 0.792 bits per heavy atom. The number of methoxy groups -OCH3 is 1. The summed E-state index contributed by atoms with van der Waals surface area (Å²) in [5, 5.41) is 29.6. The molecule has 149 heavy (non-hydrogen) atoms. The van der Waals surface area contributed by atoms with E-state index in [2.05, 4.69) is 125 Å². The van der Waals surface area contributed by atoms with Crippen molar-refractivity contribution in [2.24, 2.45) is 15.6 Å². The number of fused-ring (bicyclic) bond motifs is 2. The summed E-state index contributed by atoms with van der Waals surface area (Å²) in [6, 6.07) is 43.5. The zero-order valence-electron chi connectivity index (χ0n) is 90.7. The van der Waals surface area contributed by atoms with Gasteiger partial charge in [0, 0.05) is 50.6 Å². The molecule has 37 heteroatoms. The molecule has 8 aromatic carbocycles. The van der Waals surface area contributed by atoms with E-state index in [0.29, 0.717) is 113 Å². The van der Waals surface area contributed by atoms with Gasteiger partial charge in [-0.15, -0.1) is 10.2 Å². The number of imidazole rings is 2. The molecular weight excluding hydrogens is 1970 g/mol. The van der Waals surface area contributed by atoms with Crippen molar-refractivity contribution in [1.29, 1.82) is 5.26 Å². The number of hydrogen-bond donors (Lipinski definition) is 10. The van der Waals surface area contributed by atoms with Crippen LogP contribution in [0.5, 0.6) is 11.5 Å². The quantitative estimate of drug-likeness (QED) is 0.00961. The standard InChI is InChI=1S/C32H47N5O4.C31H44ClN5O3.C31H46N4O4S.C18H23N3O5S2/c1-5-8-9-10-11-12-13-14-15-18-23-41-30(38)25-21-22-29(40-4)26(24-25)33-31(39)34-35-32-36(6-2)27-19-16-17-20-28(27)37(32)7-3;1-4-7-8-9-10-11-12-13-14-17-22-40-29(38)24-20-21-25(32)26(23-24)33-30(39)34-35-31-36(5-2)27-18-15-16-19-28(27)37(31)6-3;1-8-9-10-11-12-13-18-39-28-17-14-24(31(5,6)22-30(2,3)4)20-27(28)33-29(36)35-34-26-16-15-25(40(7,37)38)19-23(26)21-32;1-11-6-7-12(2)14(8-11)19-18(22)21-20-15-10-17(28(5,25)26)16(9-13(15)3)27(4,23)24/h16-17,19-22,24H,5-15,18,23H2,1-4H3,(H2,33,34,39);15-16,18-21,23H,4-14,17,22H2,1-3H3,(H2,33,34,39);14-17,19-20,34H,8-13,18,22H2,1-7H3,(H2,33,35,36);6-10,20H,1-5H3,(H2,19,21,22). The Morgan fingerprint density at radius 3 is 1.22 bits per heavy atom. The molecule has 10 N–H and O–H groups in total. The van der Waals surface area contributed by atoms with Crippen LogP contribution in [0.25, 0.3) is 22.1 Å². The van der Waals surface area contributed by atoms with Gasteiger partial charge in [-0.2, -0.15) is 5.26 Å². The fraction of sp³-hybridized carbons (Fsp3) is 0.491. The van der Waals surface area contributed by atoms with E-state index in [4.69, 9.17) is 30.5 Å². The number of hydrogen-bond acceptors (Lipinski definition) is 21. The van der Waals surface area contributed by atoms with Crippen LogP contribution in [0.4, 0.5) is 53.3 Å². The Labute approximate surface area is 887 Å². The molecule has 0 radical (unpaired) electrons. The molecule has 0 atom stereocenters. The molecule has 33 nitrogen and oxygen atoms in total. The minimum Gasteiger partial charge on any atom is -0.495 e. The van der Waals surface area contributed by atoms with E-state index in [1.807, 2.05) is 145 Å². The van der Waals surface area contributed by atoms with Gasteiger partial charge < -0.3 is 58.5 Å². The van der Waals surface area contributed by atoms with E-state index < -0.39 is 65.6 Å². The van der Waals surface area contributed by atoms with Crippen LogP contribution in [-0.4, -0.2) is 125 Å². The number of amides is 8. The van der Waals surface area contributed by atoms with Gasteiger partial charge >= 0.3 is 36.1 Å². The van der Waals surface area contributed by atoms with Gasteiger partial charge in [-0.1, -0.05) is 257 Å². The molecule has 0 aliphatic rings. The molecule has 0 unspecified atom stereocenters. The first-order valence-electron chi connectivity index (χ1n) is 52.2. The number of urea groups is 4. The highest BCUT2D eigenvalue weighted by molar-refractivity contribution is 7.93. The lowest BCUT2D eigenvalue weighted by atomic mass is 9.72. The van der Waals surface area contributed by atoms with Crippen molar-refractivity contribution in [3.63, 3.8) is 0 Å². The molecule has 0 bridgehead atoms. The van der Waals surface area contributed by atoms with Crippen molar-refractivity contribution in [2.75, 3.05) is 77.8 Å². The van der Waals surface area contributed by atoms with Gasteiger partial charge in [-0.05, 0) is 216 Å². The van der Waals surface area contributed by atoms with Crippen molar-refractivity contribution in [1.82, 2.24) is 40.0 Å². The summed E-state index contributed by atoms with van der Waals surface area (Å²) in [6.07, 6.45) is 35.2. The zero-order chi connectivity index (χ0) is 109. The van der Waals surface area contributed by atoms with E-state index in [1.165, 1.54) is 166 Å². The summed E-state index contributed by atoms with van der Waals surface area (Å²) < 4.78 is 102. The van der Waals surface area contributed by atoms with E-state index in [0.717, 1.165) is 109 Å². The highest BCUT2D eigenvalue weighted by Crippen LogP contribution is 2.40. The molecule has 0 saturated carbocycles. The van der Waals surface area contributed by atoms with Gasteiger partial charge in [-0.25, -0.2) is 64.9 Å². The molecule has 0 aliphatic heterocycles. The summed E-state index contributed by atoms with van der Waals surface area (Å²) in [6.45, 7) is 35.3. The third-order valence-electron chi connectivity index (χ3n) is 24.9. The number of sulfone groups is 3. The van der Waals surface area contributed by atoms with Gasteiger partial charge in [0.1, 0.15) is 17.6 Å². The van der Waals surface area contributed by atoms with Crippen LogP contribution in [0.1, 0.15) is 305 Å². The fourth-order valence-electron chi connectivity index (χ4n) is 17.3. The molecule has 10 aromatic rings. The van der Waals surface area contributed by atoms with Gasteiger partial charge in [0.2, 0.25) is 11.2 Å². The lowest BCUT2D eigenvalue weighted by Crippen LogP contribution is -2.34. The predicted molar refractivity (Wildman–Crippen MR) is 598 cm³/mol. The number of halogens is 1. The van der Waals surface area contributed by atoms with Crippen LogP contribution in [0.15, 0.2) is 177 Å². The molecular formula is C112H160ClN17O16S3. The molecule has 0 aliphatic carbocycles.